The van der Waals surface area contributed by atoms with Gasteiger partial charge in [0, 0.05) is 10.6 Å². The van der Waals surface area contributed by atoms with Crippen LogP contribution in [0.1, 0.15) is 21.5 Å². The van der Waals surface area contributed by atoms with Crippen LogP contribution in [0.3, 0.4) is 0 Å². The molecule has 0 aliphatic heterocycles. The summed E-state index contributed by atoms with van der Waals surface area (Å²) in [5.41, 5.74) is 7.03. The van der Waals surface area contributed by atoms with Crippen LogP contribution in [0.4, 0.5) is 0 Å². The fraction of sp³-hybridized carbons (Fsp3) is 0.120. The average molecular weight is 477 g/mol. The zero-order valence-corrected chi connectivity index (χ0v) is 19.0. The molecule has 2 amide bonds. The molecule has 0 saturated heterocycles. The molecule has 0 bridgehead atoms. The molecule has 0 saturated carbocycles. The van der Waals surface area contributed by atoms with Crippen LogP contribution >= 0.6 is 11.6 Å². The van der Waals surface area contributed by atoms with Crippen molar-refractivity contribution in [3.63, 3.8) is 0 Å². The molecular formula is C25H21ClN4O4. The van der Waals surface area contributed by atoms with Crippen LogP contribution in [0.25, 0.3) is 10.9 Å². The molecule has 172 valence electrons. The molecule has 1 heterocycles. The molecule has 4 rings (SSSR count). The quantitative estimate of drug-likeness (QED) is 0.415. The standard InChI is InChI=1S/C25H21ClN4O4/c1-16-12-19(10-11-21(16)26)34-14-17-6-8-18(9-7-17)24(32)29-28-23(31)13-30-15-27-22-5-3-2-4-20(22)25(30)33/h2-12,15H,13-14H2,1H3,(H,28,31)(H,29,32). The summed E-state index contributed by atoms with van der Waals surface area (Å²) >= 11 is 6.02. The van der Waals surface area contributed by atoms with E-state index in [4.69, 9.17) is 16.3 Å². The van der Waals surface area contributed by atoms with Gasteiger partial charge in [0.15, 0.2) is 0 Å². The highest BCUT2D eigenvalue weighted by Crippen LogP contribution is 2.22. The van der Waals surface area contributed by atoms with E-state index in [2.05, 4.69) is 15.8 Å². The number of carbonyl (C=O) groups excluding carboxylic acids is 2. The van der Waals surface area contributed by atoms with Gasteiger partial charge in [-0.3, -0.25) is 29.8 Å². The molecule has 1 aromatic heterocycles. The Bertz CT molecular complexity index is 1420. The number of aromatic nitrogens is 2. The zero-order chi connectivity index (χ0) is 24.1. The fourth-order valence-corrected chi connectivity index (χ4v) is 3.36. The predicted molar refractivity (Wildman–Crippen MR) is 129 cm³/mol. The lowest BCUT2D eigenvalue weighted by Crippen LogP contribution is -2.44. The monoisotopic (exact) mass is 476 g/mol. The van der Waals surface area contributed by atoms with Gasteiger partial charge in [-0.2, -0.15) is 0 Å². The van der Waals surface area contributed by atoms with E-state index in [1.165, 1.54) is 10.9 Å². The van der Waals surface area contributed by atoms with Gasteiger partial charge in [-0.25, -0.2) is 4.98 Å². The lowest BCUT2D eigenvalue weighted by molar-refractivity contribution is -0.122. The smallest absolute Gasteiger partial charge is 0.269 e. The summed E-state index contributed by atoms with van der Waals surface area (Å²) in [6, 6.07) is 19.1. The summed E-state index contributed by atoms with van der Waals surface area (Å²) < 4.78 is 6.93. The second-order valence-electron chi connectivity index (χ2n) is 7.59. The summed E-state index contributed by atoms with van der Waals surface area (Å²) in [6.07, 6.45) is 1.30. The third-order valence-electron chi connectivity index (χ3n) is 5.11. The predicted octanol–water partition coefficient (Wildman–Crippen LogP) is 3.40. The molecule has 0 aliphatic carbocycles. The van der Waals surface area contributed by atoms with Gasteiger partial charge in [-0.05, 0) is 60.5 Å². The zero-order valence-electron chi connectivity index (χ0n) is 18.2. The number of para-hydroxylation sites is 1. The number of hydrogen-bond acceptors (Lipinski definition) is 5. The molecule has 0 atom stereocenters. The van der Waals surface area contributed by atoms with Crippen LogP contribution in [-0.2, 0) is 17.9 Å². The molecule has 0 fully saturated rings. The average Bonchev–Trinajstić information content (AvgIpc) is 2.85. The summed E-state index contributed by atoms with van der Waals surface area (Å²) in [7, 11) is 0. The first-order valence-corrected chi connectivity index (χ1v) is 10.8. The molecule has 34 heavy (non-hydrogen) atoms. The molecule has 9 heteroatoms. The third-order valence-corrected chi connectivity index (χ3v) is 5.54. The maximum atomic E-state index is 12.5. The topological polar surface area (TPSA) is 102 Å². The van der Waals surface area contributed by atoms with E-state index < -0.39 is 11.8 Å². The van der Waals surface area contributed by atoms with E-state index in [1.54, 1.807) is 60.7 Å². The van der Waals surface area contributed by atoms with Crippen molar-refractivity contribution in [1.29, 1.82) is 0 Å². The number of fused-ring (bicyclic) bond motifs is 1. The molecule has 0 spiro atoms. The molecule has 3 aromatic carbocycles. The number of amides is 2. The minimum atomic E-state index is -0.559. The number of hydrazine groups is 1. The molecule has 4 aromatic rings. The highest BCUT2D eigenvalue weighted by molar-refractivity contribution is 6.31. The number of nitrogens with one attached hydrogen (secondary N) is 2. The van der Waals surface area contributed by atoms with Crippen molar-refractivity contribution in [3.8, 4) is 5.75 Å². The van der Waals surface area contributed by atoms with Gasteiger partial charge < -0.3 is 4.74 Å². The Hall–Kier alpha value is -4.17. The highest BCUT2D eigenvalue weighted by atomic mass is 35.5. The highest BCUT2D eigenvalue weighted by Gasteiger charge is 2.10. The lowest BCUT2D eigenvalue weighted by Gasteiger charge is -2.10. The Labute approximate surface area is 200 Å². The number of carbonyl (C=O) groups is 2. The van der Waals surface area contributed by atoms with Crippen molar-refractivity contribution in [2.45, 2.75) is 20.1 Å². The summed E-state index contributed by atoms with van der Waals surface area (Å²) in [5, 5.41) is 1.09. The number of halogens is 1. The van der Waals surface area contributed by atoms with Crippen LogP contribution < -0.4 is 21.1 Å². The molecule has 2 N–H and O–H groups in total. The Kier molecular flexibility index (Phi) is 6.89. The van der Waals surface area contributed by atoms with E-state index in [9.17, 15) is 14.4 Å². The van der Waals surface area contributed by atoms with E-state index in [0.29, 0.717) is 33.8 Å². The minimum Gasteiger partial charge on any atom is -0.489 e. The van der Waals surface area contributed by atoms with E-state index >= 15 is 0 Å². The summed E-state index contributed by atoms with van der Waals surface area (Å²) in [5.74, 6) is -0.346. The fourth-order valence-electron chi connectivity index (χ4n) is 3.24. The van der Waals surface area contributed by atoms with Crippen LogP contribution in [0, 0.1) is 6.92 Å². The Morgan fingerprint density at radius 1 is 1.03 bits per heavy atom. The van der Waals surface area contributed by atoms with Gasteiger partial charge in [-0.1, -0.05) is 35.9 Å². The van der Waals surface area contributed by atoms with Gasteiger partial charge in [-0.15, -0.1) is 0 Å². The molecular weight excluding hydrogens is 456 g/mol. The minimum absolute atomic E-state index is 0.280. The van der Waals surface area contributed by atoms with Gasteiger partial charge in [0.05, 0.1) is 17.2 Å². The first-order valence-electron chi connectivity index (χ1n) is 10.4. The summed E-state index contributed by atoms with van der Waals surface area (Å²) in [4.78, 5) is 41.2. The van der Waals surface area contributed by atoms with Crippen molar-refractivity contribution in [2.24, 2.45) is 0 Å². The maximum absolute atomic E-state index is 12.5. The first kappa shape index (κ1) is 23.0. The lowest BCUT2D eigenvalue weighted by atomic mass is 10.1. The number of hydrogen-bond donors (Lipinski definition) is 2. The van der Waals surface area contributed by atoms with Crippen molar-refractivity contribution in [2.75, 3.05) is 0 Å². The normalized spacial score (nSPS) is 10.6. The van der Waals surface area contributed by atoms with Crippen LogP contribution in [0.2, 0.25) is 5.02 Å². The Balaban J connectivity index is 1.29. The molecule has 0 unspecified atom stereocenters. The number of rotatable bonds is 6. The van der Waals surface area contributed by atoms with Crippen LogP contribution in [-0.4, -0.2) is 21.4 Å². The Morgan fingerprint density at radius 2 is 1.79 bits per heavy atom. The molecule has 0 radical (unpaired) electrons. The van der Waals surface area contributed by atoms with Crippen molar-refractivity contribution in [1.82, 2.24) is 20.4 Å². The molecule has 0 aliphatic rings. The molecule has 8 nitrogen and oxygen atoms in total. The SMILES string of the molecule is Cc1cc(OCc2ccc(C(=O)NNC(=O)Cn3cnc4ccccc4c3=O)cc2)ccc1Cl. The van der Waals surface area contributed by atoms with Crippen LogP contribution in [0.15, 0.2) is 77.9 Å². The number of benzene rings is 3. The van der Waals surface area contributed by atoms with Crippen molar-refractivity contribution >= 4 is 34.3 Å². The van der Waals surface area contributed by atoms with Crippen molar-refractivity contribution in [3.05, 3.63) is 105 Å². The number of nitrogens with zero attached hydrogens (tertiary/aromatic N) is 2. The number of aryl methyl sites for hydroxylation is 1. The van der Waals surface area contributed by atoms with E-state index in [1.807, 2.05) is 13.0 Å². The Morgan fingerprint density at radius 3 is 2.56 bits per heavy atom. The second-order valence-corrected chi connectivity index (χ2v) is 8.00. The van der Waals surface area contributed by atoms with Gasteiger partial charge in [0.25, 0.3) is 17.4 Å². The second kappa shape index (κ2) is 10.2. The van der Waals surface area contributed by atoms with Gasteiger partial charge in [0.1, 0.15) is 18.9 Å². The van der Waals surface area contributed by atoms with Crippen molar-refractivity contribution < 1.29 is 14.3 Å². The number of ether oxygens (including phenoxy) is 1. The third kappa shape index (κ3) is 5.41. The van der Waals surface area contributed by atoms with Gasteiger partial charge >= 0.3 is 0 Å². The van der Waals surface area contributed by atoms with E-state index in [-0.39, 0.29) is 12.1 Å². The van der Waals surface area contributed by atoms with Gasteiger partial charge in [0.2, 0.25) is 0 Å². The van der Waals surface area contributed by atoms with Crippen LogP contribution in [0.5, 0.6) is 5.75 Å². The van der Waals surface area contributed by atoms with E-state index in [0.717, 1.165) is 11.1 Å². The summed E-state index contributed by atoms with van der Waals surface area (Å²) in [6.45, 7) is 1.95. The maximum Gasteiger partial charge on any atom is 0.269 e. The first-order chi connectivity index (χ1) is 16.4. The largest absolute Gasteiger partial charge is 0.489 e.